The van der Waals surface area contributed by atoms with Gasteiger partial charge in [-0.1, -0.05) is 200 Å². The zero-order chi connectivity index (χ0) is 61.7. The molecule has 3 aromatic heterocycles. The van der Waals surface area contributed by atoms with Crippen molar-refractivity contribution >= 4 is 49.3 Å². The number of benzene rings is 13. The molecule has 16 rings (SSSR count). The highest BCUT2D eigenvalue weighted by Crippen LogP contribution is 2.44. The average Bonchev–Trinajstić information content (AvgIpc) is 1.64. The Bertz CT molecular complexity index is 5210. The van der Waals surface area contributed by atoms with Crippen molar-refractivity contribution in [2.75, 3.05) is 0 Å². The highest BCUT2D eigenvalue weighted by molar-refractivity contribution is 6.14. The molecule has 0 unspecified atom stereocenters. The number of hydrogen-bond donors (Lipinski definition) is 0. The number of nitriles is 2. The Morgan fingerprint density at radius 2 is 0.576 bits per heavy atom. The molecule has 13 aromatic carbocycles. The molecule has 426 valence electrons. The summed E-state index contributed by atoms with van der Waals surface area (Å²) in [6, 6.07) is 109. The predicted molar refractivity (Wildman–Crippen MR) is 373 cm³/mol. The first kappa shape index (κ1) is 54.3. The zero-order valence-electron chi connectivity index (χ0n) is 49.4. The maximum Gasteiger partial charge on any atom is 0.187 e. The molecule has 0 saturated heterocycles. The van der Waals surface area contributed by atoms with E-state index in [1.807, 2.05) is 91.0 Å². The van der Waals surface area contributed by atoms with E-state index >= 15 is 0 Å². The highest BCUT2D eigenvalue weighted by Gasteiger charge is 2.25. The van der Waals surface area contributed by atoms with Gasteiger partial charge < -0.3 is 9.13 Å². The topological polar surface area (TPSA) is 100 Å². The van der Waals surface area contributed by atoms with E-state index in [1.54, 1.807) is 6.07 Å². The van der Waals surface area contributed by atoms with Crippen molar-refractivity contribution in [1.82, 2.24) is 24.1 Å². The summed E-state index contributed by atoms with van der Waals surface area (Å²) in [5, 5.41) is 24.7. The standard InChI is InChI=1S/C84H50N8/c1-87-69-30-16-29-68(45-69)82-88-83(70-37-31-66(60-27-14-17-54(43-60)52-85)50-80(70)91-76-39-33-62(56-19-6-2-7-20-56)46-72(76)73-47-63(34-40-77(73)91)57-21-8-3-9-22-57)90-84(89-82)71-38-32-67(61-28-15-18-55(44-61)53-86)51-81(71)92-78-41-35-64(58-23-10-4-11-24-58)48-74(78)75-49-65(36-42-79(75)92)59-25-12-5-13-26-59/h2-51H. The Hall–Kier alpha value is -13.1. The molecule has 0 radical (unpaired) electrons. The first-order valence-electron chi connectivity index (χ1n) is 30.4. The molecule has 8 heteroatoms. The fraction of sp³-hybridized carbons (Fsp3) is 0. The monoisotopic (exact) mass is 1170 g/mol. The van der Waals surface area contributed by atoms with E-state index in [0.717, 1.165) is 133 Å². The first-order chi connectivity index (χ1) is 45.4. The molecular weight excluding hydrogens is 1120 g/mol. The summed E-state index contributed by atoms with van der Waals surface area (Å²) in [4.78, 5) is 20.5. The molecule has 3 heterocycles. The van der Waals surface area contributed by atoms with Gasteiger partial charge in [0.25, 0.3) is 0 Å². The van der Waals surface area contributed by atoms with Crippen LogP contribution in [0.25, 0.3) is 161 Å². The maximum atomic E-state index is 10.2. The molecule has 0 aliphatic carbocycles. The van der Waals surface area contributed by atoms with Crippen LogP contribution < -0.4 is 0 Å². The Morgan fingerprint density at radius 1 is 0.272 bits per heavy atom. The van der Waals surface area contributed by atoms with Crippen molar-refractivity contribution in [3.05, 3.63) is 326 Å². The van der Waals surface area contributed by atoms with Crippen molar-refractivity contribution in [3.63, 3.8) is 0 Å². The van der Waals surface area contributed by atoms with Crippen molar-refractivity contribution < 1.29 is 0 Å². The molecule has 0 N–H and O–H groups in total. The lowest BCUT2D eigenvalue weighted by molar-refractivity contribution is 1.06. The molecule has 92 heavy (non-hydrogen) atoms. The van der Waals surface area contributed by atoms with Gasteiger partial charge in [-0.3, -0.25) is 0 Å². The van der Waals surface area contributed by atoms with Crippen molar-refractivity contribution in [1.29, 1.82) is 10.5 Å². The van der Waals surface area contributed by atoms with Crippen LogP contribution in [-0.2, 0) is 0 Å². The lowest BCUT2D eigenvalue weighted by Crippen LogP contribution is -2.06. The second-order valence-corrected chi connectivity index (χ2v) is 22.9. The van der Waals surface area contributed by atoms with Gasteiger partial charge in [0.2, 0.25) is 0 Å². The van der Waals surface area contributed by atoms with Gasteiger partial charge in [0.15, 0.2) is 23.2 Å². The van der Waals surface area contributed by atoms with E-state index in [1.165, 1.54) is 0 Å². The summed E-state index contributed by atoms with van der Waals surface area (Å²) in [7, 11) is 0. The molecule has 0 aliphatic heterocycles. The summed E-state index contributed by atoms with van der Waals surface area (Å²) >= 11 is 0. The molecule has 0 spiro atoms. The van der Waals surface area contributed by atoms with Gasteiger partial charge in [0, 0.05) is 38.2 Å². The molecule has 0 aliphatic rings. The van der Waals surface area contributed by atoms with E-state index in [2.05, 4.69) is 232 Å². The van der Waals surface area contributed by atoms with Crippen molar-refractivity contribution in [2.24, 2.45) is 0 Å². The number of nitrogens with zero attached hydrogens (tertiary/aromatic N) is 8. The minimum absolute atomic E-state index is 0.383. The minimum Gasteiger partial charge on any atom is -0.308 e. The molecule has 0 amide bonds. The summed E-state index contributed by atoms with van der Waals surface area (Å²) in [6.07, 6.45) is 0. The normalized spacial score (nSPS) is 11.2. The number of rotatable bonds is 11. The van der Waals surface area contributed by atoms with Gasteiger partial charge in [0.1, 0.15) is 0 Å². The van der Waals surface area contributed by atoms with Crippen LogP contribution in [0.2, 0.25) is 0 Å². The lowest BCUT2D eigenvalue weighted by atomic mass is 9.99. The Labute approximate surface area is 531 Å². The fourth-order valence-electron chi connectivity index (χ4n) is 13.0. The molecule has 0 saturated carbocycles. The van der Waals surface area contributed by atoms with Crippen LogP contribution in [0.1, 0.15) is 11.1 Å². The first-order valence-corrected chi connectivity index (χ1v) is 30.4. The number of fused-ring (bicyclic) bond motifs is 6. The molecule has 0 atom stereocenters. The van der Waals surface area contributed by atoms with Gasteiger partial charge >= 0.3 is 0 Å². The van der Waals surface area contributed by atoms with Gasteiger partial charge in [-0.05, 0) is 170 Å². The average molecular weight is 1170 g/mol. The SMILES string of the molecule is [C-]#[N+]c1cccc(-c2nc(-c3ccc(-c4cccc(C#N)c4)cc3-n3c4ccc(-c5ccccc5)cc4c4cc(-c5ccccc5)ccc43)nc(-c3ccc(-c4cccc(C#N)c4)cc3-n3c4ccc(-c5ccccc5)cc4c4cc(-c5ccccc5)ccc43)n2)c1. The smallest absolute Gasteiger partial charge is 0.187 e. The molecule has 8 nitrogen and oxygen atoms in total. The third-order valence-corrected chi connectivity index (χ3v) is 17.4. The van der Waals surface area contributed by atoms with Crippen molar-refractivity contribution in [3.8, 4) is 124 Å². The van der Waals surface area contributed by atoms with E-state index in [4.69, 9.17) is 21.5 Å². The van der Waals surface area contributed by atoms with Crippen LogP contribution >= 0.6 is 0 Å². The van der Waals surface area contributed by atoms with Crippen LogP contribution in [-0.4, -0.2) is 24.1 Å². The highest BCUT2D eigenvalue weighted by atomic mass is 15.1. The van der Waals surface area contributed by atoms with Crippen LogP contribution in [0.4, 0.5) is 5.69 Å². The van der Waals surface area contributed by atoms with Crippen LogP contribution in [0.5, 0.6) is 0 Å². The zero-order valence-corrected chi connectivity index (χ0v) is 49.4. The quantitative estimate of drug-likeness (QED) is 0.120. The maximum absolute atomic E-state index is 10.2. The van der Waals surface area contributed by atoms with Gasteiger partial charge in [-0.15, -0.1) is 0 Å². The predicted octanol–water partition coefficient (Wildman–Crippen LogP) is 21.4. The fourth-order valence-corrected chi connectivity index (χ4v) is 13.0. The van der Waals surface area contributed by atoms with E-state index in [-0.39, 0.29) is 0 Å². The Kier molecular flexibility index (Phi) is 13.5. The summed E-state index contributed by atoms with van der Waals surface area (Å²) in [6.45, 7) is 8.15. The Balaban J connectivity index is 0.990. The van der Waals surface area contributed by atoms with Crippen LogP contribution in [0.15, 0.2) is 303 Å². The van der Waals surface area contributed by atoms with Crippen LogP contribution in [0.3, 0.4) is 0 Å². The second kappa shape index (κ2) is 22.9. The van der Waals surface area contributed by atoms with Gasteiger partial charge in [-0.2, -0.15) is 10.5 Å². The number of hydrogen-bond acceptors (Lipinski definition) is 5. The summed E-state index contributed by atoms with van der Waals surface area (Å²) < 4.78 is 4.65. The second-order valence-electron chi connectivity index (χ2n) is 22.9. The summed E-state index contributed by atoms with van der Waals surface area (Å²) in [5.41, 5.74) is 21.5. The van der Waals surface area contributed by atoms with Gasteiger partial charge in [-0.25, -0.2) is 19.8 Å². The van der Waals surface area contributed by atoms with Crippen LogP contribution in [0, 0.1) is 29.2 Å². The third-order valence-electron chi connectivity index (χ3n) is 17.4. The third kappa shape index (κ3) is 9.79. The number of aromatic nitrogens is 5. The van der Waals surface area contributed by atoms with Gasteiger partial charge in [0.05, 0.1) is 63.3 Å². The summed E-state index contributed by atoms with van der Waals surface area (Å²) in [5.74, 6) is 1.19. The lowest BCUT2D eigenvalue weighted by Gasteiger charge is -2.18. The largest absolute Gasteiger partial charge is 0.308 e. The molecule has 0 bridgehead atoms. The Morgan fingerprint density at radius 3 is 0.935 bits per heavy atom. The molecule has 0 fully saturated rings. The molecule has 16 aromatic rings. The molecular formula is C84H50N8. The van der Waals surface area contributed by atoms with E-state index < -0.39 is 0 Å². The minimum atomic E-state index is 0.383. The van der Waals surface area contributed by atoms with Crippen molar-refractivity contribution in [2.45, 2.75) is 0 Å². The van der Waals surface area contributed by atoms with E-state index in [0.29, 0.717) is 39.9 Å². The van der Waals surface area contributed by atoms with E-state index in [9.17, 15) is 10.5 Å².